The Hall–Kier alpha value is -0.0900. The van der Waals surface area contributed by atoms with Crippen molar-refractivity contribution in [3.63, 3.8) is 0 Å². The summed E-state index contributed by atoms with van der Waals surface area (Å²) in [5.74, 6) is 0.906. The van der Waals surface area contributed by atoms with Crippen molar-refractivity contribution in [1.82, 2.24) is 0 Å². The van der Waals surface area contributed by atoms with Crippen LogP contribution in [-0.2, 0) is 9.84 Å². The highest BCUT2D eigenvalue weighted by atomic mass is 32.2. The van der Waals surface area contributed by atoms with E-state index in [4.69, 9.17) is 0 Å². The first-order chi connectivity index (χ1) is 6.92. The lowest BCUT2D eigenvalue weighted by molar-refractivity contribution is 0.0903. The van der Waals surface area contributed by atoms with Gasteiger partial charge in [-0.05, 0) is 24.7 Å². The van der Waals surface area contributed by atoms with Gasteiger partial charge in [0.1, 0.15) is 9.84 Å². The van der Waals surface area contributed by atoms with Gasteiger partial charge in [0, 0.05) is 6.26 Å². The average Bonchev–Trinajstić information content (AvgIpc) is 2.15. The lowest BCUT2D eigenvalue weighted by Gasteiger charge is -2.30. The molecule has 0 bridgehead atoms. The summed E-state index contributed by atoms with van der Waals surface area (Å²) in [6.45, 7) is 2.19. The maximum atomic E-state index is 11.0. The van der Waals surface area contributed by atoms with Crippen molar-refractivity contribution in [2.45, 2.75) is 45.1 Å². The molecule has 1 aliphatic rings. The Kier molecular flexibility index (Phi) is 4.59. The third-order valence-electron chi connectivity index (χ3n) is 3.49. The Morgan fingerprint density at radius 3 is 2.20 bits per heavy atom. The number of hydrogen-bond donors (Lipinski definition) is 1. The van der Waals surface area contributed by atoms with Gasteiger partial charge in [0.05, 0.1) is 11.9 Å². The van der Waals surface area contributed by atoms with Gasteiger partial charge in [-0.2, -0.15) is 0 Å². The quantitative estimate of drug-likeness (QED) is 0.804. The summed E-state index contributed by atoms with van der Waals surface area (Å²) in [4.78, 5) is 0. The molecule has 15 heavy (non-hydrogen) atoms. The van der Waals surface area contributed by atoms with Gasteiger partial charge in [-0.25, -0.2) is 8.42 Å². The third-order valence-corrected chi connectivity index (χ3v) is 4.43. The molecule has 1 rings (SSSR count). The van der Waals surface area contributed by atoms with E-state index < -0.39 is 15.9 Å². The maximum absolute atomic E-state index is 11.0. The van der Waals surface area contributed by atoms with Crippen LogP contribution < -0.4 is 0 Å². The average molecular weight is 234 g/mol. The molecular formula is C11H22O3S. The van der Waals surface area contributed by atoms with E-state index in [0.717, 1.165) is 31.6 Å². The van der Waals surface area contributed by atoms with Gasteiger partial charge >= 0.3 is 0 Å². The largest absolute Gasteiger partial charge is 0.392 e. The van der Waals surface area contributed by atoms with E-state index in [0.29, 0.717) is 0 Å². The van der Waals surface area contributed by atoms with Gasteiger partial charge in [-0.1, -0.05) is 26.2 Å². The van der Waals surface area contributed by atoms with Gasteiger partial charge in [0.25, 0.3) is 0 Å². The second kappa shape index (κ2) is 5.30. The smallest absolute Gasteiger partial charge is 0.150 e. The minimum atomic E-state index is -3.04. The number of rotatable bonds is 4. The summed E-state index contributed by atoms with van der Waals surface area (Å²) in [5, 5.41) is 9.79. The molecule has 0 aromatic carbocycles. The molecule has 1 N–H and O–H groups in total. The lowest BCUT2D eigenvalue weighted by Crippen LogP contribution is -2.31. The minimum Gasteiger partial charge on any atom is -0.392 e. The summed E-state index contributed by atoms with van der Waals surface area (Å²) in [5.41, 5.74) is 0. The Morgan fingerprint density at radius 1 is 1.27 bits per heavy atom. The van der Waals surface area contributed by atoms with Crippen LogP contribution in [0, 0.1) is 11.8 Å². The lowest BCUT2D eigenvalue weighted by atomic mass is 9.79. The van der Waals surface area contributed by atoms with E-state index in [1.54, 1.807) is 0 Å². The van der Waals surface area contributed by atoms with Crippen molar-refractivity contribution in [2.24, 2.45) is 11.8 Å². The molecule has 1 fully saturated rings. The molecule has 0 heterocycles. The van der Waals surface area contributed by atoms with Crippen LogP contribution in [0.2, 0.25) is 0 Å². The SMILES string of the molecule is CCC1CCC(C(O)CS(C)(=O)=O)CC1. The standard InChI is InChI=1S/C11H22O3S/c1-3-9-4-6-10(7-5-9)11(12)8-15(2,13)14/h9-12H,3-8H2,1-2H3. The zero-order chi connectivity index (χ0) is 11.5. The van der Waals surface area contributed by atoms with E-state index in [2.05, 4.69) is 6.92 Å². The van der Waals surface area contributed by atoms with Crippen molar-refractivity contribution in [2.75, 3.05) is 12.0 Å². The molecule has 0 aliphatic heterocycles. The molecule has 1 aliphatic carbocycles. The number of aliphatic hydroxyl groups excluding tert-OH is 1. The van der Waals surface area contributed by atoms with E-state index in [1.807, 2.05) is 0 Å². The fourth-order valence-corrected chi connectivity index (χ4v) is 3.32. The highest BCUT2D eigenvalue weighted by Crippen LogP contribution is 2.32. The van der Waals surface area contributed by atoms with Gasteiger partial charge < -0.3 is 5.11 Å². The van der Waals surface area contributed by atoms with Crippen LogP contribution in [0.3, 0.4) is 0 Å². The molecular weight excluding hydrogens is 212 g/mol. The Labute approximate surface area is 92.8 Å². The molecule has 0 amide bonds. The van der Waals surface area contributed by atoms with Crippen molar-refractivity contribution in [3.05, 3.63) is 0 Å². The summed E-state index contributed by atoms with van der Waals surface area (Å²) >= 11 is 0. The zero-order valence-electron chi connectivity index (χ0n) is 9.65. The van der Waals surface area contributed by atoms with Crippen molar-refractivity contribution in [3.8, 4) is 0 Å². The minimum absolute atomic E-state index is 0.0749. The summed E-state index contributed by atoms with van der Waals surface area (Å²) in [6.07, 6.45) is 5.98. The second-order valence-electron chi connectivity index (χ2n) is 4.85. The summed E-state index contributed by atoms with van der Waals surface area (Å²) in [7, 11) is -3.04. The number of aliphatic hydroxyl groups is 1. The zero-order valence-corrected chi connectivity index (χ0v) is 10.5. The molecule has 90 valence electrons. The maximum Gasteiger partial charge on any atom is 0.150 e. The molecule has 0 aromatic heterocycles. The van der Waals surface area contributed by atoms with Crippen LogP contribution in [0.1, 0.15) is 39.0 Å². The van der Waals surface area contributed by atoms with Crippen LogP contribution in [-0.4, -0.2) is 31.6 Å². The fraction of sp³-hybridized carbons (Fsp3) is 1.00. The van der Waals surface area contributed by atoms with Crippen LogP contribution in [0.15, 0.2) is 0 Å². The van der Waals surface area contributed by atoms with E-state index >= 15 is 0 Å². The molecule has 1 atom stereocenters. The monoisotopic (exact) mass is 234 g/mol. The Morgan fingerprint density at radius 2 is 1.80 bits per heavy atom. The van der Waals surface area contributed by atoms with Gasteiger partial charge in [-0.3, -0.25) is 0 Å². The van der Waals surface area contributed by atoms with E-state index in [-0.39, 0.29) is 11.7 Å². The molecule has 0 radical (unpaired) electrons. The van der Waals surface area contributed by atoms with Crippen molar-refractivity contribution < 1.29 is 13.5 Å². The molecule has 3 nitrogen and oxygen atoms in total. The first-order valence-corrected chi connectivity index (χ1v) is 7.84. The van der Waals surface area contributed by atoms with E-state index in [9.17, 15) is 13.5 Å². The van der Waals surface area contributed by atoms with Gasteiger partial charge in [-0.15, -0.1) is 0 Å². The van der Waals surface area contributed by atoms with Crippen molar-refractivity contribution in [1.29, 1.82) is 0 Å². The van der Waals surface area contributed by atoms with Crippen LogP contribution in [0.5, 0.6) is 0 Å². The fourth-order valence-electron chi connectivity index (χ4n) is 2.43. The molecule has 1 unspecified atom stereocenters. The van der Waals surface area contributed by atoms with Gasteiger partial charge in [0.2, 0.25) is 0 Å². The predicted octanol–water partition coefficient (Wildman–Crippen LogP) is 1.61. The summed E-state index contributed by atoms with van der Waals surface area (Å²) in [6, 6.07) is 0. The highest BCUT2D eigenvalue weighted by molar-refractivity contribution is 7.90. The van der Waals surface area contributed by atoms with Crippen LogP contribution in [0.25, 0.3) is 0 Å². The molecule has 0 spiro atoms. The van der Waals surface area contributed by atoms with Crippen molar-refractivity contribution >= 4 is 9.84 Å². The molecule has 0 aromatic rings. The highest BCUT2D eigenvalue weighted by Gasteiger charge is 2.27. The molecule has 1 saturated carbocycles. The van der Waals surface area contributed by atoms with Crippen LogP contribution in [0.4, 0.5) is 0 Å². The molecule has 0 saturated heterocycles. The normalized spacial score (nSPS) is 30.1. The molecule has 4 heteroatoms. The number of hydrogen-bond acceptors (Lipinski definition) is 3. The van der Waals surface area contributed by atoms with Gasteiger partial charge in [0.15, 0.2) is 0 Å². The number of sulfone groups is 1. The Bertz CT molecular complexity index is 276. The Balaban J connectivity index is 2.39. The second-order valence-corrected chi connectivity index (χ2v) is 7.03. The van der Waals surface area contributed by atoms with E-state index in [1.165, 1.54) is 12.7 Å². The van der Waals surface area contributed by atoms with Crippen LogP contribution >= 0.6 is 0 Å². The first-order valence-electron chi connectivity index (χ1n) is 5.78. The predicted molar refractivity (Wildman–Crippen MR) is 61.5 cm³/mol. The summed E-state index contributed by atoms with van der Waals surface area (Å²) < 4.78 is 22.1. The third kappa shape index (κ3) is 4.51. The topological polar surface area (TPSA) is 54.4 Å². The first kappa shape index (κ1) is 13.0.